The standard InChI is InChI=1S/C17H15N3O4S/c1-22-12-3-4-13(15(9-12)23-2)14(21)10-25-17-20-19-16(24-17)11-5-7-18-8-6-11/h3-9H,10H2,1-2H3. The van der Waals surface area contributed by atoms with Gasteiger partial charge in [-0.25, -0.2) is 0 Å². The van der Waals surface area contributed by atoms with Crippen LogP contribution in [0, 0.1) is 0 Å². The van der Waals surface area contributed by atoms with Gasteiger partial charge in [0.05, 0.1) is 25.5 Å². The number of pyridine rings is 1. The summed E-state index contributed by atoms with van der Waals surface area (Å²) in [4.78, 5) is 16.4. The first-order chi connectivity index (χ1) is 12.2. The highest BCUT2D eigenvalue weighted by Crippen LogP contribution is 2.28. The van der Waals surface area contributed by atoms with Crippen LogP contribution in [-0.4, -0.2) is 40.9 Å². The Morgan fingerprint density at radius 1 is 1.12 bits per heavy atom. The zero-order valence-electron chi connectivity index (χ0n) is 13.6. The molecular formula is C17H15N3O4S. The fraction of sp³-hybridized carbons (Fsp3) is 0.176. The first kappa shape index (κ1) is 17.0. The smallest absolute Gasteiger partial charge is 0.277 e. The van der Waals surface area contributed by atoms with Gasteiger partial charge in [-0.1, -0.05) is 11.8 Å². The molecule has 3 aromatic rings. The number of hydrogen-bond acceptors (Lipinski definition) is 8. The summed E-state index contributed by atoms with van der Waals surface area (Å²) in [6, 6.07) is 8.61. The van der Waals surface area contributed by atoms with Gasteiger partial charge in [0.15, 0.2) is 5.78 Å². The highest BCUT2D eigenvalue weighted by atomic mass is 32.2. The van der Waals surface area contributed by atoms with Crippen LogP contribution in [0.4, 0.5) is 0 Å². The van der Waals surface area contributed by atoms with Crippen molar-refractivity contribution in [3.8, 4) is 23.0 Å². The number of aromatic nitrogens is 3. The van der Waals surface area contributed by atoms with E-state index in [2.05, 4.69) is 15.2 Å². The summed E-state index contributed by atoms with van der Waals surface area (Å²) in [6.45, 7) is 0. The third kappa shape index (κ3) is 3.97. The van der Waals surface area contributed by atoms with Crippen molar-refractivity contribution in [2.24, 2.45) is 0 Å². The Morgan fingerprint density at radius 2 is 1.92 bits per heavy atom. The van der Waals surface area contributed by atoms with E-state index in [4.69, 9.17) is 13.9 Å². The normalized spacial score (nSPS) is 10.5. The average Bonchev–Trinajstić information content (AvgIpc) is 3.15. The number of ketones is 1. The van der Waals surface area contributed by atoms with Crippen molar-refractivity contribution in [3.63, 3.8) is 0 Å². The molecule has 2 aromatic heterocycles. The van der Waals surface area contributed by atoms with Crippen LogP contribution in [0.1, 0.15) is 10.4 Å². The Labute approximate surface area is 148 Å². The van der Waals surface area contributed by atoms with Crippen molar-refractivity contribution in [1.29, 1.82) is 0 Å². The lowest BCUT2D eigenvalue weighted by Gasteiger charge is -2.08. The summed E-state index contributed by atoms with van der Waals surface area (Å²) in [5.41, 5.74) is 1.25. The fourth-order valence-electron chi connectivity index (χ4n) is 2.11. The summed E-state index contributed by atoms with van der Waals surface area (Å²) in [6.07, 6.45) is 3.29. The molecule has 0 aliphatic rings. The molecule has 0 unspecified atom stereocenters. The molecule has 0 bridgehead atoms. The molecule has 0 N–H and O–H groups in total. The van der Waals surface area contributed by atoms with Crippen molar-refractivity contribution >= 4 is 17.5 Å². The van der Waals surface area contributed by atoms with Crippen molar-refractivity contribution in [1.82, 2.24) is 15.2 Å². The maximum Gasteiger partial charge on any atom is 0.277 e. The number of carbonyl (C=O) groups is 1. The van der Waals surface area contributed by atoms with Gasteiger partial charge in [-0.3, -0.25) is 9.78 Å². The molecule has 0 aliphatic carbocycles. The van der Waals surface area contributed by atoms with E-state index < -0.39 is 0 Å². The third-order valence-corrected chi connectivity index (χ3v) is 4.19. The summed E-state index contributed by atoms with van der Waals surface area (Å²) < 4.78 is 15.9. The Kier molecular flexibility index (Phi) is 5.30. The maximum atomic E-state index is 12.4. The summed E-state index contributed by atoms with van der Waals surface area (Å²) >= 11 is 1.18. The van der Waals surface area contributed by atoms with Gasteiger partial charge in [0, 0.05) is 24.0 Å². The predicted molar refractivity (Wildman–Crippen MR) is 92.1 cm³/mol. The number of rotatable bonds is 7. The van der Waals surface area contributed by atoms with Crippen LogP contribution in [0.3, 0.4) is 0 Å². The molecule has 25 heavy (non-hydrogen) atoms. The third-order valence-electron chi connectivity index (χ3n) is 3.37. The topological polar surface area (TPSA) is 87.3 Å². The van der Waals surface area contributed by atoms with Crippen LogP contribution in [0.15, 0.2) is 52.4 Å². The van der Waals surface area contributed by atoms with Gasteiger partial charge in [-0.2, -0.15) is 0 Å². The number of benzene rings is 1. The molecule has 0 atom stereocenters. The number of methoxy groups -OCH3 is 2. The molecule has 0 amide bonds. The number of hydrogen-bond donors (Lipinski definition) is 0. The number of nitrogens with zero attached hydrogens (tertiary/aromatic N) is 3. The molecule has 0 aliphatic heterocycles. The summed E-state index contributed by atoms with van der Waals surface area (Å²) in [7, 11) is 3.07. The van der Waals surface area contributed by atoms with Crippen molar-refractivity contribution in [3.05, 3.63) is 48.3 Å². The molecule has 1 aromatic carbocycles. The zero-order valence-corrected chi connectivity index (χ0v) is 14.4. The van der Waals surface area contributed by atoms with E-state index in [1.54, 1.807) is 49.8 Å². The second kappa shape index (κ2) is 7.80. The molecule has 8 heteroatoms. The monoisotopic (exact) mass is 357 g/mol. The van der Waals surface area contributed by atoms with Gasteiger partial charge in [0.2, 0.25) is 5.89 Å². The van der Waals surface area contributed by atoms with E-state index in [0.717, 1.165) is 5.56 Å². The fourth-order valence-corrected chi connectivity index (χ4v) is 2.76. The lowest BCUT2D eigenvalue weighted by atomic mass is 10.1. The lowest BCUT2D eigenvalue weighted by molar-refractivity contribution is 0.101. The average molecular weight is 357 g/mol. The minimum Gasteiger partial charge on any atom is -0.497 e. The van der Waals surface area contributed by atoms with Gasteiger partial charge in [0.1, 0.15) is 11.5 Å². The van der Waals surface area contributed by atoms with Gasteiger partial charge < -0.3 is 13.9 Å². The van der Waals surface area contributed by atoms with E-state index in [1.165, 1.54) is 18.9 Å². The van der Waals surface area contributed by atoms with Gasteiger partial charge >= 0.3 is 0 Å². The summed E-state index contributed by atoms with van der Waals surface area (Å²) in [5.74, 6) is 1.53. The van der Waals surface area contributed by atoms with Crippen LogP contribution in [-0.2, 0) is 0 Å². The first-order valence-corrected chi connectivity index (χ1v) is 8.31. The maximum absolute atomic E-state index is 12.4. The Morgan fingerprint density at radius 3 is 2.64 bits per heavy atom. The van der Waals surface area contributed by atoms with Crippen LogP contribution in [0.25, 0.3) is 11.5 Å². The van der Waals surface area contributed by atoms with Gasteiger partial charge in [0.25, 0.3) is 5.22 Å². The van der Waals surface area contributed by atoms with E-state index in [9.17, 15) is 4.79 Å². The molecule has 0 radical (unpaired) electrons. The second-order valence-corrected chi connectivity index (χ2v) is 5.81. The minimum atomic E-state index is -0.104. The molecule has 0 saturated carbocycles. The van der Waals surface area contributed by atoms with Gasteiger partial charge in [-0.05, 0) is 24.3 Å². The van der Waals surface area contributed by atoms with Crippen LogP contribution >= 0.6 is 11.8 Å². The second-order valence-electron chi connectivity index (χ2n) is 4.89. The van der Waals surface area contributed by atoms with E-state index in [1.807, 2.05) is 0 Å². The Hall–Kier alpha value is -2.87. The Balaban J connectivity index is 1.68. The minimum absolute atomic E-state index is 0.104. The van der Waals surface area contributed by atoms with Crippen LogP contribution < -0.4 is 9.47 Å². The van der Waals surface area contributed by atoms with Crippen molar-refractivity contribution in [2.75, 3.05) is 20.0 Å². The number of ether oxygens (including phenoxy) is 2. The Bertz CT molecular complexity index is 867. The number of carbonyl (C=O) groups excluding carboxylic acids is 1. The highest BCUT2D eigenvalue weighted by Gasteiger charge is 2.16. The molecular weight excluding hydrogens is 342 g/mol. The number of Topliss-reactive ketones (excluding diaryl/α,β-unsaturated/α-hetero) is 1. The lowest BCUT2D eigenvalue weighted by Crippen LogP contribution is -2.05. The zero-order chi connectivity index (χ0) is 17.6. The molecule has 0 fully saturated rings. The SMILES string of the molecule is COc1ccc(C(=O)CSc2nnc(-c3ccncc3)o2)c(OC)c1. The molecule has 3 rings (SSSR count). The molecule has 128 valence electrons. The molecule has 0 spiro atoms. The quantitative estimate of drug-likeness (QED) is 0.471. The van der Waals surface area contributed by atoms with Crippen molar-refractivity contribution in [2.45, 2.75) is 5.22 Å². The van der Waals surface area contributed by atoms with Crippen LogP contribution in [0.2, 0.25) is 0 Å². The predicted octanol–water partition coefficient (Wildman–Crippen LogP) is 3.12. The van der Waals surface area contributed by atoms with Crippen molar-refractivity contribution < 1.29 is 18.7 Å². The first-order valence-electron chi connectivity index (χ1n) is 7.33. The molecule has 7 nitrogen and oxygen atoms in total. The molecule has 2 heterocycles. The highest BCUT2D eigenvalue weighted by molar-refractivity contribution is 7.99. The summed E-state index contributed by atoms with van der Waals surface area (Å²) in [5, 5.41) is 8.25. The van der Waals surface area contributed by atoms with Gasteiger partial charge in [-0.15, -0.1) is 10.2 Å². The van der Waals surface area contributed by atoms with E-state index >= 15 is 0 Å². The molecule has 0 saturated heterocycles. The largest absolute Gasteiger partial charge is 0.497 e. The number of thioether (sulfide) groups is 1. The van der Waals surface area contributed by atoms with E-state index in [-0.39, 0.29) is 11.5 Å². The van der Waals surface area contributed by atoms with Crippen LogP contribution in [0.5, 0.6) is 11.5 Å². The van der Waals surface area contributed by atoms with E-state index in [0.29, 0.717) is 28.2 Å².